The lowest BCUT2D eigenvalue weighted by atomic mass is 9.84. The summed E-state index contributed by atoms with van der Waals surface area (Å²) in [4.78, 5) is 11.4. The number of hydrogen-bond acceptors (Lipinski definition) is 2. The highest BCUT2D eigenvalue weighted by Crippen LogP contribution is 2.33. The van der Waals surface area contributed by atoms with Crippen LogP contribution in [0.3, 0.4) is 0 Å². The second-order valence-corrected chi connectivity index (χ2v) is 7.44. The molecule has 0 amide bonds. The predicted molar refractivity (Wildman–Crippen MR) is 113 cm³/mol. The third-order valence-electron chi connectivity index (χ3n) is 5.45. The molecule has 0 heterocycles. The van der Waals surface area contributed by atoms with E-state index in [1.165, 1.54) is 55.2 Å². The molecule has 0 saturated heterocycles. The molecule has 3 rings (SSSR count). The van der Waals surface area contributed by atoms with Crippen LogP contribution in [-0.2, 0) is 4.79 Å². The molecule has 0 aromatic heterocycles. The molecule has 1 atom stereocenters. The highest BCUT2D eigenvalue weighted by Gasteiger charge is 2.15. The Balaban J connectivity index is 1.64. The second kappa shape index (κ2) is 9.55. The third-order valence-corrected chi connectivity index (χ3v) is 5.45. The number of carbonyl (C=O) groups is 1. The minimum Gasteiger partial charge on any atom is -0.427 e. The van der Waals surface area contributed by atoms with Crippen molar-refractivity contribution in [2.75, 3.05) is 0 Å². The summed E-state index contributed by atoms with van der Waals surface area (Å²) >= 11 is 0. The van der Waals surface area contributed by atoms with E-state index in [1.54, 1.807) is 6.92 Å². The van der Waals surface area contributed by atoms with Crippen molar-refractivity contribution in [3.8, 4) is 16.9 Å². The molecule has 142 valence electrons. The van der Waals surface area contributed by atoms with E-state index in [2.05, 4.69) is 37.3 Å². The van der Waals surface area contributed by atoms with E-state index in [4.69, 9.17) is 4.74 Å². The van der Waals surface area contributed by atoms with Crippen LogP contribution in [0.1, 0.15) is 64.4 Å². The van der Waals surface area contributed by atoms with Gasteiger partial charge >= 0.3 is 5.97 Å². The molecular formula is C25H30O2. The molecule has 0 bridgehead atoms. The van der Waals surface area contributed by atoms with Crippen LogP contribution < -0.4 is 4.74 Å². The maximum atomic E-state index is 11.4. The Bertz CT molecular complexity index is 769. The molecule has 1 aliphatic rings. The van der Waals surface area contributed by atoms with Gasteiger partial charge in [-0.3, -0.25) is 4.79 Å². The van der Waals surface area contributed by atoms with Crippen LogP contribution in [0.15, 0.2) is 54.6 Å². The standard InChI is InChI=1S/C25H30O2/c1-3-5-6-19-7-9-20(10-8-19)21-11-13-22(14-12-21)23-15-17-24(18-16-23)27-25(26)4-2/h9,11-19H,3-8,10H2,1-2H3. The molecule has 2 nitrogen and oxygen atoms in total. The van der Waals surface area contributed by atoms with Gasteiger partial charge in [-0.15, -0.1) is 0 Å². The van der Waals surface area contributed by atoms with Crippen LogP contribution in [0.4, 0.5) is 0 Å². The van der Waals surface area contributed by atoms with Crippen LogP contribution >= 0.6 is 0 Å². The molecule has 1 unspecified atom stereocenters. The van der Waals surface area contributed by atoms with Crippen molar-refractivity contribution >= 4 is 11.5 Å². The van der Waals surface area contributed by atoms with E-state index in [0.29, 0.717) is 12.2 Å². The van der Waals surface area contributed by atoms with Crippen LogP contribution in [0, 0.1) is 5.92 Å². The van der Waals surface area contributed by atoms with Crippen LogP contribution in [0.25, 0.3) is 16.7 Å². The normalized spacial score (nSPS) is 16.7. The van der Waals surface area contributed by atoms with Gasteiger partial charge in [0, 0.05) is 6.42 Å². The summed E-state index contributed by atoms with van der Waals surface area (Å²) in [5, 5.41) is 0. The summed E-state index contributed by atoms with van der Waals surface area (Å²) in [5.41, 5.74) is 5.16. The topological polar surface area (TPSA) is 26.3 Å². The molecule has 27 heavy (non-hydrogen) atoms. The molecule has 2 aromatic carbocycles. The van der Waals surface area contributed by atoms with Gasteiger partial charge in [0.15, 0.2) is 0 Å². The van der Waals surface area contributed by atoms with E-state index >= 15 is 0 Å². The molecule has 0 N–H and O–H groups in total. The third kappa shape index (κ3) is 5.32. The lowest BCUT2D eigenvalue weighted by Gasteiger charge is -2.22. The average Bonchev–Trinajstić information content (AvgIpc) is 2.73. The monoisotopic (exact) mass is 362 g/mol. The summed E-state index contributed by atoms with van der Waals surface area (Å²) in [5.74, 6) is 1.28. The zero-order chi connectivity index (χ0) is 19.1. The molecule has 0 aliphatic heterocycles. The first-order valence-electron chi connectivity index (χ1n) is 10.3. The highest BCUT2D eigenvalue weighted by atomic mass is 16.5. The van der Waals surface area contributed by atoms with Crippen molar-refractivity contribution in [3.63, 3.8) is 0 Å². The molecule has 1 aliphatic carbocycles. The first kappa shape index (κ1) is 19.4. The molecule has 0 saturated carbocycles. The van der Waals surface area contributed by atoms with E-state index in [1.807, 2.05) is 24.3 Å². The van der Waals surface area contributed by atoms with Crippen LogP contribution in [0.2, 0.25) is 0 Å². The van der Waals surface area contributed by atoms with Crippen molar-refractivity contribution < 1.29 is 9.53 Å². The fourth-order valence-corrected chi connectivity index (χ4v) is 3.70. The molecule has 2 heteroatoms. The minimum absolute atomic E-state index is 0.204. The summed E-state index contributed by atoms with van der Waals surface area (Å²) in [6, 6.07) is 16.6. The van der Waals surface area contributed by atoms with E-state index < -0.39 is 0 Å². The first-order valence-corrected chi connectivity index (χ1v) is 10.3. The van der Waals surface area contributed by atoms with Gasteiger partial charge in [0.2, 0.25) is 0 Å². The van der Waals surface area contributed by atoms with Gasteiger partial charge in [0.1, 0.15) is 5.75 Å². The molecular weight excluding hydrogens is 332 g/mol. The zero-order valence-corrected chi connectivity index (χ0v) is 16.5. The Morgan fingerprint density at radius 2 is 1.59 bits per heavy atom. The van der Waals surface area contributed by atoms with Gasteiger partial charge in [-0.1, -0.05) is 75.6 Å². The number of allylic oxidation sites excluding steroid dienone is 2. The van der Waals surface area contributed by atoms with E-state index in [9.17, 15) is 4.79 Å². The Morgan fingerprint density at radius 1 is 0.963 bits per heavy atom. The lowest BCUT2D eigenvalue weighted by Crippen LogP contribution is -2.05. The Morgan fingerprint density at radius 3 is 2.15 bits per heavy atom. The highest BCUT2D eigenvalue weighted by molar-refractivity contribution is 5.73. The van der Waals surface area contributed by atoms with Gasteiger partial charge in [-0.25, -0.2) is 0 Å². The van der Waals surface area contributed by atoms with Gasteiger partial charge < -0.3 is 4.74 Å². The number of benzene rings is 2. The first-order chi connectivity index (χ1) is 13.2. The van der Waals surface area contributed by atoms with Gasteiger partial charge in [-0.05, 0) is 59.6 Å². The molecule has 0 spiro atoms. The SMILES string of the molecule is CCCCC1CC=C(c2ccc(-c3ccc(OC(=O)CC)cc3)cc2)CC1. The second-order valence-electron chi connectivity index (χ2n) is 7.44. The van der Waals surface area contributed by atoms with Crippen molar-refractivity contribution in [2.24, 2.45) is 5.92 Å². The number of rotatable bonds is 7. The summed E-state index contributed by atoms with van der Waals surface area (Å²) in [7, 11) is 0. The summed E-state index contributed by atoms with van der Waals surface area (Å²) < 4.78 is 5.24. The Hall–Kier alpha value is -2.35. The minimum atomic E-state index is -0.204. The van der Waals surface area contributed by atoms with Crippen LogP contribution in [0.5, 0.6) is 5.75 Å². The van der Waals surface area contributed by atoms with Gasteiger partial charge in [0.25, 0.3) is 0 Å². The summed E-state index contributed by atoms with van der Waals surface area (Å²) in [6.45, 7) is 4.07. The number of ether oxygens (including phenoxy) is 1. The zero-order valence-electron chi connectivity index (χ0n) is 16.5. The maximum absolute atomic E-state index is 11.4. The number of hydrogen-bond donors (Lipinski definition) is 0. The largest absolute Gasteiger partial charge is 0.427 e. The number of carbonyl (C=O) groups excluding carboxylic acids is 1. The van der Waals surface area contributed by atoms with Crippen molar-refractivity contribution in [3.05, 3.63) is 60.2 Å². The lowest BCUT2D eigenvalue weighted by molar-refractivity contribution is -0.134. The van der Waals surface area contributed by atoms with Crippen molar-refractivity contribution in [1.82, 2.24) is 0 Å². The molecule has 0 fully saturated rings. The maximum Gasteiger partial charge on any atom is 0.310 e. The van der Waals surface area contributed by atoms with Crippen LogP contribution in [-0.4, -0.2) is 5.97 Å². The number of unbranched alkanes of at least 4 members (excludes halogenated alkanes) is 1. The van der Waals surface area contributed by atoms with Crippen molar-refractivity contribution in [1.29, 1.82) is 0 Å². The Labute approximate surface area is 163 Å². The Kier molecular flexibility index (Phi) is 6.86. The number of esters is 1. The fourth-order valence-electron chi connectivity index (χ4n) is 3.70. The van der Waals surface area contributed by atoms with E-state index in [0.717, 1.165) is 11.5 Å². The van der Waals surface area contributed by atoms with Gasteiger partial charge in [-0.2, -0.15) is 0 Å². The fraction of sp³-hybridized carbons (Fsp3) is 0.400. The smallest absolute Gasteiger partial charge is 0.310 e. The van der Waals surface area contributed by atoms with Crippen molar-refractivity contribution in [2.45, 2.75) is 58.8 Å². The van der Waals surface area contributed by atoms with E-state index in [-0.39, 0.29) is 5.97 Å². The average molecular weight is 363 g/mol. The summed E-state index contributed by atoms with van der Waals surface area (Å²) in [6.07, 6.45) is 10.6. The quantitative estimate of drug-likeness (QED) is 0.390. The van der Waals surface area contributed by atoms with Gasteiger partial charge in [0.05, 0.1) is 0 Å². The molecule has 2 aromatic rings. The predicted octanol–water partition coefficient (Wildman–Crippen LogP) is 7.04. The molecule has 0 radical (unpaired) electrons.